The highest BCUT2D eigenvalue weighted by atomic mass is 32.1. The molecule has 1 aliphatic heterocycles. The topological polar surface area (TPSA) is 12.5 Å². The van der Waals surface area contributed by atoms with Crippen LogP contribution in [0.4, 0.5) is 17.1 Å². The van der Waals surface area contributed by atoms with Gasteiger partial charge in [0.1, 0.15) is 11.5 Å². The molecule has 0 unspecified atom stereocenters. The molecule has 238 valence electrons. The number of benzene rings is 6. The van der Waals surface area contributed by atoms with E-state index in [0.717, 1.165) is 40.4 Å². The van der Waals surface area contributed by atoms with Crippen LogP contribution in [0.2, 0.25) is 0 Å². The predicted molar refractivity (Wildman–Crippen MR) is 204 cm³/mol. The molecule has 3 heteroatoms. The lowest BCUT2D eigenvalue weighted by Gasteiger charge is -2.63. The van der Waals surface area contributed by atoms with Gasteiger partial charge in [0.25, 0.3) is 0 Å². The zero-order valence-electron chi connectivity index (χ0n) is 27.4. The maximum atomic E-state index is 6.88. The second-order valence-electron chi connectivity index (χ2n) is 15.0. The second kappa shape index (κ2) is 10.6. The largest absolute Gasteiger partial charge is 0.457 e. The first-order valence-corrected chi connectivity index (χ1v) is 18.8. The van der Waals surface area contributed by atoms with Crippen molar-refractivity contribution < 1.29 is 4.74 Å². The van der Waals surface area contributed by atoms with Gasteiger partial charge in [-0.3, -0.25) is 0 Å². The monoisotopic (exact) mass is 651 g/mol. The summed E-state index contributed by atoms with van der Waals surface area (Å²) in [5.74, 6) is 5.32. The molecule has 0 amide bonds. The lowest BCUT2D eigenvalue weighted by atomic mass is 9.42. The number of para-hydroxylation sites is 2. The van der Waals surface area contributed by atoms with Crippen LogP contribution in [-0.2, 0) is 5.41 Å². The van der Waals surface area contributed by atoms with Crippen molar-refractivity contribution in [3.05, 3.63) is 151 Å². The number of hydrogen-bond acceptors (Lipinski definition) is 3. The molecule has 4 fully saturated rings. The number of nitrogens with zero attached hydrogens (tertiary/aromatic N) is 1. The van der Waals surface area contributed by atoms with Crippen LogP contribution in [0.15, 0.2) is 140 Å². The Morgan fingerprint density at radius 1 is 0.490 bits per heavy atom. The summed E-state index contributed by atoms with van der Waals surface area (Å²) in [5, 5.41) is 2.68. The number of anilines is 3. The zero-order valence-corrected chi connectivity index (χ0v) is 28.2. The summed E-state index contributed by atoms with van der Waals surface area (Å²) in [4.78, 5) is 2.38. The Kier molecular flexibility index (Phi) is 6.04. The van der Waals surface area contributed by atoms with Gasteiger partial charge in [0.2, 0.25) is 0 Å². The summed E-state index contributed by atoms with van der Waals surface area (Å²) in [7, 11) is 0. The van der Waals surface area contributed by atoms with Gasteiger partial charge in [0, 0.05) is 59.8 Å². The normalized spacial score (nSPS) is 24.6. The van der Waals surface area contributed by atoms with Gasteiger partial charge in [-0.1, -0.05) is 84.9 Å². The standard InChI is InChI=1S/C46H37NOS/c1-2-8-35(9-3-1)47(36-17-14-31(15-18-36)32-16-20-39-38-10-4-7-13-44(38)49-45(39)27-32)37-19-21-41-43(28-37)48-42-12-6-5-11-40(42)46(41)33-23-29-22-30(25-33)26-34(46)24-29/h1-21,27-30,33-34H,22-26H2. The first-order chi connectivity index (χ1) is 24.2. The van der Waals surface area contributed by atoms with E-state index in [-0.39, 0.29) is 5.41 Å². The van der Waals surface area contributed by atoms with Crippen LogP contribution in [0.25, 0.3) is 31.3 Å². The molecule has 1 aromatic heterocycles. The molecule has 49 heavy (non-hydrogen) atoms. The number of hydrogen-bond donors (Lipinski definition) is 0. The Bertz CT molecular complexity index is 2360. The van der Waals surface area contributed by atoms with Crippen LogP contribution in [0.1, 0.15) is 43.2 Å². The highest BCUT2D eigenvalue weighted by Gasteiger charge is 2.61. The Morgan fingerprint density at radius 3 is 1.94 bits per heavy atom. The fourth-order valence-electron chi connectivity index (χ4n) is 10.8. The summed E-state index contributed by atoms with van der Waals surface area (Å²) in [6, 6.07) is 51.6. The van der Waals surface area contributed by atoms with Gasteiger partial charge in [0.05, 0.1) is 0 Å². The molecule has 0 radical (unpaired) electrons. The molecular weight excluding hydrogens is 615 g/mol. The first kappa shape index (κ1) is 28.0. The number of thiophene rings is 1. The van der Waals surface area contributed by atoms with Gasteiger partial charge < -0.3 is 9.64 Å². The molecule has 0 N–H and O–H groups in total. The Hall–Kier alpha value is -4.86. The van der Waals surface area contributed by atoms with Crippen molar-refractivity contribution in [2.24, 2.45) is 23.7 Å². The van der Waals surface area contributed by atoms with E-state index in [1.165, 1.54) is 74.5 Å². The third-order valence-electron chi connectivity index (χ3n) is 12.5. The Balaban J connectivity index is 1.01. The van der Waals surface area contributed by atoms with E-state index in [1.54, 1.807) is 0 Å². The smallest absolute Gasteiger partial charge is 0.133 e. The maximum absolute atomic E-state index is 6.88. The van der Waals surface area contributed by atoms with Crippen LogP contribution in [0.3, 0.4) is 0 Å². The summed E-state index contributed by atoms with van der Waals surface area (Å²) in [6.45, 7) is 0. The van der Waals surface area contributed by atoms with Gasteiger partial charge >= 0.3 is 0 Å². The van der Waals surface area contributed by atoms with Crippen LogP contribution in [-0.4, -0.2) is 0 Å². The molecule has 7 aromatic rings. The summed E-state index contributed by atoms with van der Waals surface area (Å²) in [6.07, 6.45) is 6.90. The fraction of sp³-hybridized carbons (Fsp3) is 0.217. The molecular formula is C46H37NOS. The van der Waals surface area contributed by atoms with E-state index < -0.39 is 0 Å². The molecule has 5 aliphatic rings. The minimum Gasteiger partial charge on any atom is -0.457 e. The van der Waals surface area contributed by atoms with E-state index in [9.17, 15) is 0 Å². The lowest BCUT2D eigenvalue weighted by Crippen LogP contribution is -2.56. The average Bonchev–Trinajstić information content (AvgIpc) is 3.52. The average molecular weight is 652 g/mol. The maximum Gasteiger partial charge on any atom is 0.133 e. The minimum absolute atomic E-state index is 0.0604. The SMILES string of the molecule is c1ccc(N(c2ccc(-c3ccc4c(c3)sc3ccccc34)cc2)c2ccc3c(c2)Oc2ccccc2C32C3CC4CC(C3)CC2C4)cc1. The predicted octanol–water partition coefficient (Wildman–Crippen LogP) is 13.0. The molecule has 4 aliphatic carbocycles. The third kappa shape index (κ3) is 4.12. The number of fused-ring (bicyclic) bond motifs is 5. The molecule has 4 saturated carbocycles. The lowest BCUT2D eigenvalue weighted by molar-refractivity contribution is -0.0452. The van der Waals surface area contributed by atoms with E-state index >= 15 is 0 Å². The summed E-state index contributed by atoms with van der Waals surface area (Å²) < 4.78 is 9.56. The molecule has 0 saturated heterocycles. The molecule has 6 aromatic carbocycles. The molecule has 4 bridgehead atoms. The van der Waals surface area contributed by atoms with Crippen molar-refractivity contribution >= 4 is 48.6 Å². The molecule has 0 atom stereocenters. The second-order valence-corrected chi connectivity index (χ2v) is 16.1. The first-order valence-electron chi connectivity index (χ1n) is 18.0. The van der Waals surface area contributed by atoms with Crippen LogP contribution < -0.4 is 9.64 Å². The van der Waals surface area contributed by atoms with E-state index in [4.69, 9.17) is 4.74 Å². The number of ether oxygens (including phenoxy) is 1. The van der Waals surface area contributed by atoms with Crippen LogP contribution >= 0.6 is 11.3 Å². The van der Waals surface area contributed by atoms with Crippen molar-refractivity contribution in [1.29, 1.82) is 0 Å². The van der Waals surface area contributed by atoms with Crippen molar-refractivity contribution in [1.82, 2.24) is 0 Å². The summed E-state index contributed by atoms with van der Waals surface area (Å²) >= 11 is 1.88. The Labute approximate surface area is 291 Å². The van der Waals surface area contributed by atoms with E-state index in [2.05, 4.69) is 144 Å². The van der Waals surface area contributed by atoms with Crippen molar-refractivity contribution in [2.45, 2.75) is 37.5 Å². The molecule has 2 nitrogen and oxygen atoms in total. The van der Waals surface area contributed by atoms with E-state index in [1.807, 2.05) is 11.3 Å². The minimum atomic E-state index is 0.0604. The van der Waals surface area contributed by atoms with E-state index in [0.29, 0.717) is 11.8 Å². The van der Waals surface area contributed by atoms with Gasteiger partial charge in [-0.05, 0) is 115 Å². The van der Waals surface area contributed by atoms with Crippen molar-refractivity contribution in [3.8, 4) is 22.6 Å². The molecule has 12 rings (SSSR count). The fourth-order valence-corrected chi connectivity index (χ4v) is 11.9. The van der Waals surface area contributed by atoms with Crippen molar-refractivity contribution in [3.63, 3.8) is 0 Å². The Morgan fingerprint density at radius 2 is 1.12 bits per heavy atom. The van der Waals surface area contributed by atoms with Crippen LogP contribution in [0, 0.1) is 23.7 Å². The zero-order chi connectivity index (χ0) is 32.1. The molecule has 1 spiro atoms. The summed E-state index contributed by atoms with van der Waals surface area (Å²) in [5.41, 5.74) is 8.80. The van der Waals surface area contributed by atoms with Crippen molar-refractivity contribution in [2.75, 3.05) is 4.90 Å². The van der Waals surface area contributed by atoms with Gasteiger partial charge in [-0.15, -0.1) is 11.3 Å². The van der Waals surface area contributed by atoms with Gasteiger partial charge in [-0.25, -0.2) is 0 Å². The van der Waals surface area contributed by atoms with Gasteiger partial charge in [0.15, 0.2) is 0 Å². The number of rotatable bonds is 4. The highest BCUT2D eigenvalue weighted by molar-refractivity contribution is 7.25. The van der Waals surface area contributed by atoms with Crippen LogP contribution in [0.5, 0.6) is 11.5 Å². The third-order valence-corrected chi connectivity index (χ3v) is 13.6. The molecule has 2 heterocycles. The highest BCUT2D eigenvalue weighted by Crippen LogP contribution is 2.69. The quantitative estimate of drug-likeness (QED) is 0.188. The van der Waals surface area contributed by atoms with Gasteiger partial charge in [-0.2, -0.15) is 0 Å².